The quantitative estimate of drug-likeness (QED) is 0.622. The predicted molar refractivity (Wildman–Crippen MR) is 90.8 cm³/mol. The lowest BCUT2D eigenvalue weighted by Gasteiger charge is -2.25. The summed E-state index contributed by atoms with van der Waals surface area (Å²) in [5, 5.41) is 10.3. The zero-order valence-electron chi connectivity index (χ0n) is 12.3. The first kappa shape index (κ1) is 16.4. The van der Waals surface area contributed by atoms with Crippen LogP contribution in [-0.4, -0.2) is 11.3 Å². The Balaban J connectivity index is 2.15. The molecule has 0 bridgehead atoms. The molecule has 0 aromatic heterocycles. The van der Waals surface area contributed by atoms with Crippen molar-refractivity contribution in [2.75, 3.05) is 0 Å². The van der Waals surface area contributed by atoms with Gasteiger partial charge in [0.1, 0.15) is 5.54 Å². The van der Waals surface area contributed by atoms with E-state index in [9.17, 15) is 5.11 Å². The van der Waals surface area contributed by atoms with Gasteiger partial charge in [-0.3, -0.25) is 4.99 Å². The molecular formula is C17H21Cl2NO. The topological polar surface area (TPSA) is 32.6 Å². The van der Waals surface area contributed by atoms with Crippen LogP contribution in [0.1, 0.15) is 51.0 Å². The predicted octanol–water partition coefficient (Wildman–Crippen LogP) is 5.90. The van der Waals surface area contributed by atoms with E-state index in [0.29, 0.717) is 0 Å². The van der Waals surface area contributed by atoms with Gasteiger partial charge >= 0.3 is 0 Å². The molecule has 1 unspecified atom stereocenters. The van der Waals surface area contributed by atoms with Gasteiger partial charge in [0.05, 0.1) is 10.0 Å². The van der Waals surface area contributed by atoms with E-state index in [-0.39, 0.29) is 21.3 Å². The molecule has 1 atom stereocenters. The molecule has 1 aliphatic heterocycles. The number of aliphatic imine (C=N–C) groups is 1. The summed E-state index contributed by atoms with van der Waals surface area (Å²) >= 11 is 12.1. The number of benzene rings is 1. The molecule has 2 nitrogen and oxygen atoms in total. The van der Waals surface area contributed by atoms with Crippen LogP contribution in [-0.2, 0) is 5.54 Å². The summed E-state index contributed by atoms with van der Waals surface area (Å²) in [5.74, 6) is -0.0638. The molecule has 4 heteroatoms. The number of unbranched alkanes of at least 4 members (excludes halogenated alkanes) is 4. The average molecular weight is 326 g/mol. The van der Waals surface area contributed by atoms with Crippen molar-refractivity contribution in [1.82, 2.24) is 0 Å². The number of rotatable bonds is 7. The first-order chi connectivity index (χ1) is 10.1. The molecule has 1 aliphatic rings. The molecule has 1 heterocycles. The van der Waals surface area contributed by atoms with E-state index in [1.54, 1.807) is 12.1 Å². The molecule has 2 rings (SSSR count). The Kier molecular flexibility index (Phi) is 5.72. The van der Waals surface area contributed by atoms with Crippen molar-refractivity contribution in [3.63, 3.8) is 0 Å². The lowest BCUT2D eigenvalue weighted by Crippen LogP contribution is -2.19. The smallest absolute Gasteiger partial charge is 0.152 e. The fraction of sp³-hybridized carbons (Fsp3) is 0.471. The SMILES string of the molecule is CCCCCCCC1(c2cc(Cl)c(O)c(Cl)c2)C=CC=N1. The molecule has 1 N–H and O–H groups in total. The molecule has 21 heavy (non-hydrogen) atoms. The number of nitrogens with zero attached hydrogens (tertiary/aromatic N) is 1. The normalized spacial score (nSPS) is 20.3. The van der Waals surface area contributed by atoms with Gasteiger partial charge in [-0.1, -0.05) is 68.3 Å². The van der Waals surface area contributed by atoms with Crippen LogP contribution >= 0.6 is 23.2 Å². The van der Waals surface area contributed by atoms with Crippen molar-refractivity contribution in [3.8, 4) is 5.75 Å². The zero-order chi connectivity index (χ0) is 15.3. The number of allylic oxidation sites excluding steroid dienone is 1. The van der Waals surface area contributed by atoms with E-state index >= 15 is 0 Å². The highest BCUT2D eigenvalue weighted by molar-refractivity contribution is 6.37. The molecule has 0 spiro atoms. The Labute approximate surface area is 136 Å². The molecule has 0 amide bonds. The highest BCUT2D eigenvalue weighted by atomic mass is 35.5. The van der Waals surface area contributed by atoms with Gasteiger partial charge in [0, 0.05) is 6.21 Å². The summed E-state index contributed by atoms with van der Waals surface area (Å²) in [4.78, 5) is 4.63. The van der Waals surface area contributed by atoms with Crippen molar-refractivity contribution in [1.29, 1.82) is 0 Å². The van der Waals surface area contributed by atoms with Crippen LogP contribution in [0.15, 0.2) is 29.3 Å². The summed E-state index contributed by atoms with van der Waals surface area (Å²) in [6.45, 7) is 2.21. The van der Waals surface area contributed by atoms with Crippen molar-refractivity contribution in [2.45, 2.75) is 51.0 Å². The number of aromatic hydroxyl groups is 1. The third kappa shape index (κ3) is 3.81. The molecule has 0 radical (unpaired) electrons. The summed E-state index contributed by atoms with van der Waals surface area (Å²) in [7, 11) is 0. The van der Waals surface area contributed by atoms with E-state index in [1.165, 1.54) is 25.7 Å². The molecule has 0 saturated heterocycles. The first-order valence-corrected chi connectivity index (χ1v) is 8.26. The molecule has 1 aromatic rings. The second-order valence-corrected chi connectivity index (χ2v) is 6.33. The molecule has 0 aliphatic carbocycles. The van der Waals surface area contributed by atoms with Crippen molar-refractivity contribution < 1.29 is 5.11 Å². The van der Waals surface area contributed by atoms with Crippen LogP contribution in [0.4, 0.5) is 0 Å². The van der Waals surface area contributed by atoms with Gasteiger partial charge in [0.25, 0.3) is 0 Å². The highest BCUT2D eigenvalue weighted by Gasteiger charge is 2.31. The summed E-state index contributed by atoms with van der Waals surface area (Å²) in [6, 6.07) is 3.53. The minimum atomic E-state index is -0.382. The Hall–Kier alpha value is -0.990. The van der Waals surface area contributed by atoms with Crippen LogP contribution in [0.3, 0.4) is 0 Å². The zero-order valence-corrected chi connectivity index (χ0v) is 13.8. The van der Waals surface area contributed by atoms with Crippen LogP contribution in [0, 0.1) is 0 Å². The summed E-state index contributed by atoms with van der Waals surface area (Å²) in [5.41, 5.74) is 0.559. The lowest BCUT2D eigenvalue weighted by molar-refractivity contribution is 0.467. The van der Waals surface area contributed by atoms with Crippen LogP contribution in [0.2, 0.25) is 10.0 Å². The van der Waals surface area contributed by atoms with Gasteiger partial charge in [-0.2, -0.15) is 0 Å². The second-order valence-electron chi connectivity index (χ2n) is 5.51. The number of hydrogen-bond donors (Lipinski definition) is 1. The van der Waals surface area contributed by atoms with Crippen molar-refractivity contribution in [3.05, 3.63) is 39.9 Å². The monoisotopic (exact) mass is 325 g/mol. The minimum Gasteiger partial charge on any atom is -0.505 e. The first-order valence-electron chi connectivity index (χ1n) is 7.50. The van der Waals surface area contributed by atoms with Gasteiger partial charge in [0.15, 0.2) is 5.75 Å². The standard InChI is InChI=1S/C17H21Cl2NO/c1-2-3-4-5-6-8-17(9-7-10-20-17)13-11-14(18)16(21)15(19)12-13/h7,9-12,21H,2-6,8H2,1H3. The van der Waals surface area contributed by atoms with Gasteiger partial charge < -0.3 is 5.11 Å². The molecule has 0 saturated carbocycles. The van der Waals surface area contributed by atoms with Crippen molar-refractivity contribution in [2.24, 2.45) is 4.99 Å². The maximum absolute atomic E-state index is 9.71. The van der Waals surface area contributed by atoms with Gasteiger partial charge in [0.2, 0.25) is 0 Å². The Morgan fingerprint density at radius 2 is 1.76 bits per heavy atom. The largest absolute Gasteiger partial charge is 0.505 e. The maximum Gasteiger partial charge on any atom is 0.152 e. The van der Waals surface area contributed by atoms with E-state index in [1.807, 2.05) is 12.3 Å². The highest BCUT2D eigenvalue weighted by Crippen LogP contribution is 2.41. The van der Waals surface area contributed by atoms with E-state index in [2.05, 4.69) is 18.0 Å². The lowest BCUT2D eigenvalue weighted by atomic mass is 9.85. The third-order valence-corrected chi connectivity index (χ3v) is 4.52. The number of phenols is 1. The fourth-order valence-corrected chi connectivity index (χ4v) is 3.18. The number of phenolic OH excluding ortho intramolecular Hbond substituents is 1. The summed E-state index contributed by atoms with van der Waals surface area (Å²) < 4.78 is 0. The number of hydrogen-bond acceptors (Lipinski definition) is 2. The van der Waals surface area contributed by atoms with Gasteiger partial charge in [-0.25, -0.2) is 0 Å². The third-order valence-electron chi connectivity index (χ3n) is 3.94. The Morgan fingerprint density at radius 3 is 2.33 bits per heavy atom. The van der Waals surface area contributed by atoms with E-state index in [4.69, 9.17) is 23.2 Å². The number of halogens is 2. The summed E-state index contributed by atoms with van der Waals surface area (Å²) in [6.07, 6.45) is 12.9. The Bertz CT molecular complexity index is 517. The van der Waals surface area contributed by atoms with Gasteiger partial charge in [-0.05, 0) is 30.2 Å². The van der Waals surface area contributed by atoms with Crippen molar-refractivity contribution >= 4 is 29.4 Å². The fourth-order valence-electron chi connectivity index (χ4n) is 2.70. The van der Waals surface area contributed by atoms with Crippen LogP contribution in [0.5, 0.6) is 5.75 Å². The van der Waals surface area contributed by atoms with Gasteiger partial charge in [-0.15, -0.1) is 0 Å². The van der Waals surface area contributed by atoms with Crippen LogP contribution < -0.4 is 0 Å². The average Bonchev–Trinajstić information content (AvgIpc) is 2.94. The molecular weight excluding hydrogens is 305 g/mol. The minimum absolute atomic E-state index is 0.0638. The Morgan fingerprint density at radius 1 is 1.10 bits per heavy atom. The van der Waals surface area contributed by atoms with E-state index in [0.717, 1.165) is 18.4 Å². The maximum atomic E-state index is 9.71. The molecule has 114 valence electrons. The van der Waals surface area contributed by atoms with Crippen LogP contribution in [0.25, 0.3) is 0 Å². The molecule has 0 fully saturated rings. The second kappa shape index (κ2) is 7.33. The van der Waals surface area contributed by atoms with E-state index < -0.39 is 0 Å². The molecule has 1 aromatic carbocycles.